The van der Waals surface area contributed by atoms with Gasteiger partial charge in [0.15, 0.2) is 0 Å². The first kappa shape index (κ1) is 12.6. The first-order valence-electron chi connectivity index (χ1n) is 5.87. The second kappa shape index (κ2) is 5.23. The molecule has 1 aromatic heterocycles. The van der Waals surface area contributed by atoms with Crippen LogP contribution >= 0.6 is 15.9 Å². The van der Waals surface area contributed by atoms with Gasteiger partial charge in [-0.1, -0.05) is 0 Å². The number of halogens is 1. The molecule has 0 spiro atoms. The number of hydrogen-bond donors (Lipinski definition) is 1. The van der Waals surface area contributed by atoms with Crippen LogP contribution in [0.5, 0.6) is 0 Å². The van der Waals surface area contributed by atoms with E-state index in [9.17, 15) is 4.79 Å². The lowest BCUT2D eigenvalue weighted by Crippen LogP contribution is -2.45. The van der Waals surface area contributed by atoms with Crippen molar-refractivity contribution in [2.24, 2.45) is 11.7 Å². The number of piperidine rings is 1. The van der Waals surface area contributed by atoms with E-state index in [0.29, 0.717) is 16.2 Å². The number of furan rings is 1. The summed E-state index contributed by atoms with van der Waals surface area (Å²) in [5, 5.41) is 0. The average Bonchev–Trinajstić information content (AvgIpc) is 2.74. The lowest BCUT2D eigenvalue weighted by Gasteiger charge is -2.34. The van der Waals surface area contributed by atoms with E-state index >= 15 is 0 Å². The predicted molar refractivity (Wildman–Crippen MR) is 68.7 cm³/mol. The van der Waals surface area contributed by atoms with Crippen LogP contribution in [-0.4, -0.2) is 29.9 Å². The molecule has 2 rings (SSSR count). The molecule has 1 amide bonds. The molecule has 0 saturated carbocycles. The van der Waals surface area contributed by atoms with E-state index in [1.807, 2.05) is 11.8 Å². The average molecular weight is 301 g/mol. The van der Waals surface area contributed by atoms with Gasteiger partial charge in [0.05, 0.1) is 10.7 Å². The molecule has 5 heteroatoms. The van der Waals surface area contributed by atoms with Gasteiger partial charge in [-0.2, -0.15) is 0 Å². The molecule has 17 heavy (non-hydrogen) atoms. The van der Waals surface area contributed by atoms with Crippen molar-refractivity contribution in [3.63, 3.8) is 0 Å². The Morgan fingerprint density at radius 1 is 1.71 bits per heavy atom. The standard InChI is InChI=1S/C12H17BrN2O2/c1-8(14)9-3-2-5-15(7-9)12(16)11-10(13)4-6-17-11/h4,6,8-9H,2-3,5,7,14H2,1H3/t8-,9-/m1/s1. The van der Waals surface area contributed by atoms with Crippen LogP contribution in [0.4, 0.5) is 0 Å². The normalized spacial score (nSPS) is 22.5. The number of likely N-dealkylation sites (tertiary alicyclic amines) is 1. The van der Waals surface area contributed by atoms with E-state index in [1.165, 1.54) is 6.26 Å². The fourth-order valence-electron chi connectivity index (χ4n) is 2.21. The maximum atomic E-state index is 12.2. The quantitative estimate of drug-likeness (QED) is 0.911. The third kappa shape index (κ3) is 2.72. The zero-order valence-corrected chi connectivity index (χ0v) is 11.4. The summed E-state index contributed by atoms with van der Waals surface area (Å²) in [4.78, 5) is 14.0. The molecular formula is C12H17BrN2O2. The van der Waals surface area contributed by atoms with Crippen molar-refractivity contribution in [3.8, 4) is 0 Å². The van der Waals surface area contributed by atoms with E-state index in [2.05, 4.69) is 15.9 Å². The molecule has 1 aliphatic heterocycles. The van der Waals surface area contributed by atoms with Crippen LogP contribution < -0.4 is 5.73 Å². The van der Waals surface area contributed by atoms with E-state index < -0.39 is 0 Å². The Kier molecular flexibility index (Phi) is 3.89. The number of hydrogen-bond acceptors (Lipinski definition) is 3. The highest BCUT2D eigenvalue weighted by Gasteiger charge is 2.28. The first-order valence-corrected chi connectivity index (χ1v) is 6.66. The van der Waals surface area contributed by atoms with Crippen molar-refractivity contribution in [2.45, 2.75) is 25.8 Å². The molecule has 94 valence electrons. The van der Waals surface area contributed by atoms with Crippen LogP contribution in [0.25, 0.3) is 0 Å². The van der Waals surface area contributed by atoms with E-state index in [-0.39, 0.29) is 11.9 Å². The van der Waals surface area contributed by atoms with Crippen molar-refractivity contribution in [3.05, 3.63) is 22.6 Å². The molecule has 1 saturated heterocycles. The SMILES string of the molecule is C[C@@H](N)[C@@H]1CCCN(C(=O)c2occc2Br)C1. The zero-order valence-electron chi connectivity index (χ0n) is 9.86. The molecule has 0 bridgehead atoms. The zero-order chi connectivity index (χ0) is 12.4. The third-order valence-electron chi connectivity index (χ3n) is 3.30. The van der Waals surface area contributed by atoms with E-state index in [4.69, 9.17) is 10.2 Å². The highest BCUT2D eigenvalue weighted by Crippen LogP contribution is 2.24. The van der Waals surface area contributed by atoms with Gasteiger partial charge in [-0.25, -0.2) is 0 Å². The van der Waals surface area contributed by atoms with Crippen molar-refractivity contribution in [1.29, 1.82) is 0 Å². The lowest BCUT2D eigenvalue weighted by atomic mass is 9.92. The van der Waals surface area contributed by atoms with Gasteiger partial charge in [0, 0.05) is 19.1 Å². The maximum absolute atomic E-state index is 12.2. The van der Waals surface area contributed by atoms with Crippen molar-refractivity contribution >= 4 is 21.8 Å². The molecular weight excluding hydrogens is 284 g/mol. The number of amides is 1. The number of nitrogens with zero attached hydrogens (tertiary/aromatic N) is 1. The molecule has 1 aliphatic rings. The van der Waals surface area contributed by atoms with Gasteiger partial charge in [0.2, 0.25) is 5.76 Å². The highest BCUT2D eigenvalue weighted by molar-refractivity contribution is 9.10. The van der Waals surface area contributed by atoms with Gasteiger partial charge in [-0.05, 0) is 47.7 Å². The molecule has 1 fully saturated rings. The minimum absolute atomic E-state index is 0.0489. The van der Waals surface area contributed by atoms with Crippen LogP contribution in [0.3, 0.4) is 0 Å². The molecule has 4 nitrogen and oxygen atoms in total. The maximum Gasteiger partial charge on any atom is 0.290 e. The largest absolute Gasteiger partial charge is 0.458 e. The van der Waals surface area contributed by atoms with Crippen LogP contribution in [0.2, 0.25) is 0 Å². The Hall–Kier alpha value is -0.810. The minimum atomic E-state index is -0.0489. The lowest BCUT2D eigenvalue weighted by molar-refractivity contribution is 0.0628. The van der Waals surface area contributed by atoms with Crippen molar-refractivity contribution in [1.82, 2.24) is 4.90 Å². The van der Waals surface area contributed by atoms with Gasteiger partial charge in [-0.15, -0.1) is 0 Å². The summed E-state index contributed by atoms with van der Waals surface area (Å²) in [5.74, 6) is 0.726. The number of carbonyl (C=O) groups is 1. The summed E-state index contributed by atoms with van der Waals surface area (Å²) in [7, 11) is 0. The summed E-state index contributed by atoms with van der Waals surface area (Å²) in [5.41, 5.74) is 5.91. The number of rotatable bonds is 2. The number of nitrogens with two attached hydrogens (primary N) is 1. The topological polar surface area (TPSA) is 59.5 Å². The molecule has 0 radical (unpaired) electrons. The molecule has 0 aromatic carbocycles. The molecule has 2 atom stereocenters. The summed E-state index contributed by atoms with van der Waals surface area (Å²) < 4.78 is 5.92. The minimum Gasteiger partial charge on any atom is -0.458 e. The second-order valence-electron chi connectivity index (χ2n) is 4.61. The molecule has 0 unspecified atom stereocenters. The van der Waals surface area contributed by atoms with Crippen molar-refractivity contribution in [2.75, 3.05) is 13.1 Å². The fraction of sp³-hybridized carbons (Fsp3) is 0.583. The Morgan fingerprint density at radius 2 is 2.47 bits per heavy atom. The van der Waals surface area contributed by atoms with Gasteiger partial charge in [-0.3, -0.25) is 4.79 Å². The summed E-state index contributed by atoms with van der Waals surface area (Å²) in [6, 6.07) is 1.87. The van der Waals surface area contributed by atoms with E-state index in [0.717, 1.165) is 25.9 Å². The smallest absolute Gasteiger partial charge is 0.290 e. The third-order valence-corrected chi connectivity index (χ3v) is 3.92. The van der Waals surface area contributed by atoms with Crippen molar-refractivity contribution < 1.29 is 9.21 Å². The molecule has 2 N–H and O–H groups in total. The van der Waals surface area contributed by atoms with Gasteiger partial charge < -0.3 is 15.1 Å². The van der Waals surface area contributed by atoms with Gasteiger partial charge in [0.25, 0.3) is 5.91 Å². The van der Waals surface area contributed by atoms with Crippen LogP contribution in [0.15, 0.2) is 21.2 Å². The Labute approximate surface area is 109 Å². The van der Waals surface area contributed by atoms with Crippen LogP contribution in [0.1, 0.15) is 30.3 Å². The summed E-state index contributed by atoms with van der Waals surface area (Å²) in [6.07, 6.45) is 3.63. The van der Waals surface area contributed by atoms with Crippen LogP contribution in [-0.2, 0) is 0 Å². The van der Waals surface area contributed by atoms with Gasteiger partial charge in [0.1, 0.15) is 0 Å². The molecule has 1 aromatic rings. The van der Waals surface area contributed by atoms with Gasteiger partial charge >= 0.3 is 0 Å². The molecule has 0 aliphatic carbocycles. The second-order valence-corrected chi connectivity index (χ2v) is 5.46. The Bertz CT molecular complexity index is 403. The van der Waals surface area contributed by atoms with Crippen LogP contribution in [0, 0.1) is 5.92 Å². The molecule has 2 heterocycles. The Balaban J connectivity index is 2.07. The number of carbonyl (C=O) groups excluding carboxylic acids is 1. The van der Waals surface area contributed by atoms with E-state index in [1.54, 1.807) is 6.07 Å². The summed E-state index contributed by atoms with van der Waals surface area (Å²) in [6.45, 7) is 3.51. The highest BCUT2D eigenvalue weighted by atomic mass is 79.9. The summed E-state index contributed by atoms with van der Waals surface area (Å²) >= 11 is 3.31. The first-order chi connectivity index (χ1) is 8.09. The monoisotopic (exact) mass is 300 g/mol. The predicted octanol–water partition coefficient (Wildman–Crippen LogP) is 2.24. The Morgan fingerprint density at radius 3 is 3.06 bits per heavy atom. The fourth-order valence-corrected chi connectivity index (χ4v) is 2.58.